The van der Waals surface area contributed by atoms with Crippen LogP contribution < -0.4 is 0 Å². The number of aromatic nitrogens is 2. The van der Waals surface area contributed by atoms with Crippen molar-refractivity contribution in [2.24, 2.45) is 0 Å². The van der Waals surface area contributed by atoms with Gasteiger partial charge in [0.1, 0.15) is 0 Å². The second-order valence-electron chi connectivity index (χ2n) is 7.54. The minimum absolute atomic E-state index is 0.153. The molecule has 4 rings (SSSR count). The molecule has 0 saturated carbocycles. The summed E-state index contributed by atoms with van der Waals surface area (Å²) in [6.07, 6.45) is 5.22. The summed E-state index contributed by atoms with van der Waals surface area (Å²) in [6.45, 7) is 3.04. The minimum Gasteiger partial charge on any atom is -0.381 e. The van der Waals surface area contributed by atoms with Crippen molar-refractivity contribution in [3.05, 3.63) is 47.6 Å². The fourth-order valence-electron chi connectivity index (χ4n) is 3.99. The molecule has 1 atom stereocenters. The van der Waals surface area contributed by atoms with Crippen molar-refractivity contribution in [2.75, 3.05) is 26.3 Å². The van der Waals surface area contributed by atoms with E-state index in [2.05, 4.69) is 22.3 Å². The molecule has 3 heterocycles. The van der Waals surface area contributed by atoms with Gasteiger partial charge < -0.3 is 14.2 Å². The largest absolute Gasteiger partial charge is 0.381 e. The number of benzene rings is 1. The van der Waals surface area contributed by atoms with Crippen LogP contribution in [-0.2, 0) is 16.0 Å². The average Bonchev–Trinajstić information content (AvgIpc) is 3.24. The zero-order chi connectivity index (χ0) is 18.5. The fraction of sp³-hybridized carbons (Fsp3) is 0.571. The number of likely N-dealkylation sites (tertiary alicyclic amines) is 1. The summed E-state index contributed by atoms with van der Waals surface area (Å²) in [7, 11) is 0. The summed E-state index contributed by atoms with van der Waals surface area (Å²) in [6, 6.07) is 10.2. The van der Waals surface area contributed by atoms with E-state index in [1.807, 2.05) is 23.1 Å². The van der Waals surface area contributed by atoms with E-state index in [4.69, 9.17) is 9.26 Å². The Bertz CT molecular complexity index is 740. The van der Waals surface area contributed by atoms with E-state index in [9.17, 15) is 4.79 Å². The van der Waals surface area contributed by atoms with E-state index in [0.29, 0.717) is 24.8 Å². The summed E-state index contributed by atoms with van der Waals surface area (Å²) in [4.78, 5) is 19.3. The highest BCUT2D eigenvalue weighted by Gasteiger charge is 2.30. The quantitative estimate of drug-likeness (QED) is 0.809. The summed E-state index contributed by atoms with van der Waals surface area (Å²) in [5.74, 6) is 2.20. The van der Waals surface area contributed by atoms with Crippen molar-refractivity contribution in [1.29, 1.82) is 0 Å². The van der Waals surface area contributed by atoms with Gasteiger partial charge in [-0.2, -0.15) is 4.98 Å². The molecule has 0 N–H and O–H groups in total. The van der Waals surface area contributed by atoms with E-state index in [-0.39, 0.29) is 11.8 Å². The molecule has 0 radical (unpaired) electrons. The first-order valence-corrected chi connectivity index (χ1v) is 10.0. The lowest BCUT2D eigenvalue weighted by atomic mass is 9.96. The molecule has 1 unspecified atom stereocenters. The maximum Gasteiger partial charge on any atom is 0.231 e. The number of aryl methyl sites for hydroxylation is 1. The van der Waals surface area contributed by atoms with Crippen molar-refractivity contribution in [2.45, 2.75) is 50.4 Å². The third kappa shape index (κ3) is 4.56. The van der Waals surface area contributed by atoms with Crippen molar-refractivity contribution >= 4 is 5.91 Å². The van der Waals surface area contributed by atoms with Gasteiger partial charge in [0.05, 0.1) is 5.92 Å². The molecule has 0 aliphatic carbocycles. The molecule has 2 aromatic rings. The van der Waals surface area contributed by atoms with Crippen molar-refractivity contribution in [3.63, 3.8) is 0 Å². The van der Waals surface area contributed by atoms with Crippen LogP contribution in [0.3, 0.4) is 0 Å². The first-order valence-electron chi connectivity index (χ1n) is 10.0. The third-order valence-electron chi connectivity index (χ3n) is 5.64. The maximum absolute atomic E-state index is 12.6. The zero-order valence-corrected chi connectivity index (χ0v) is 15.7. The lowest BCUT2D eigenvalue weighted by molar-refractivity contribution is -0.132. The predicted molar refractivity (Wildman–Crippen MR) is 100 cm³/mol. The van der Waals surface area contributed by atoms with E-state index in [1.165, 1.54) is 5.56 Å². The molecule has 1 amide bonds. The fourth-order valence-corrected chi connectivity index (χ4v) is 3.99. The lowest BCUT2D eigenvalue weighted by Gasteiger charge is -2.31. The number of carbonyl (C=O) groups excluding carboxylic acids is 1. The highest BCUT2D eigenvalue weighted by atomic mass is 16.5. The van der Waals surface area contributed by atoms with Crippen LogP contribution in [0.2, 0.25) is 0 Å². The van der Waals surface area contributed by atoms with Gasteiger partial charge in [0.25, 0.3) is 0 Å². The van der Waals surface area contributed by atoms with Crippen molar-refractivity contribution in [3.8, 4) is 0 Å². The number of hydrogen-bond acceptors (Lipinski definition) is 5. The Labute approximate surface area is 159 Å². The topological polar surface area (TPSA) is 68.5 Å². The first kappa shape index (κ1) is 18.2. The number of hydrogen-bond donors (Lipinski definition) is 0. The SMILES string of the molecule is O=C(CCc1ccccc1)N1CCCC(c2nc(C3CCOCC3)no2)C1. The summed E-state index contributed by atoms with van der Waals surface area (Å²) >= 11 is 0. The van der Waals surface area contributed by atoms with Crippen LogP contribution in [0.25, 0.3) is 0 Å². The molecular weight excluding hydrogens is 342 g/mol. The summed E-state index contributed by atoms with van der Waals surface area (Å²) < 4.78 is 11.0. The molecule has 2 saturated heterocycles. The second-order valence-corrected chi connectivity index (χ2v) is 7.54. The van der Waals surface area contributed by atoms with Crippen molar-refractivity contribution < 1.29 is 14.1 Å². The molecule has 0 bridgehead atoms. The smallest absolute Gasteiger partial charge is 0.231 e. The van der Waals surface area contributed by atoms with Crippen LogP contribution in [0.1, 0.15) is 61.2 Å². The Morgan fingerprint density at radius 1 is 1.11 bits per heavy atom. The van der Waals surface area contributed by atoms with Gasteiger partial charge in [0.15, 0.2) is 5.82 Å². The molecule has 6 heteroatoms. The first-order chi connectivity index (χ1) is 13.3. The number of rotatable bonds is 5. The molecule has 27 heavy (non-hydrogen) atoms. The van der Waals surface area contributed by atoms with Gasteiger partial charge in [-0.25, -0.2) is 0 Å². The van der Waals surface area contributed by atoms with Gasteiger partial charge in [0, 0.05) is 38.6 Å². The lowest BCUT2D eigenvalue weighted by Crippen LogP contribution is -2.39. The van der Waals surface area contributed by atoms with Crippen LogP contribution in [0.5, 0.6) is 0 Å². The zero-order valence-electron chi connectivity index (χ0n) is 15.7. The minimum atomic E-state index is 0.153. The Morgan fingerprint density at radius 2 is 1.93 bits per heavy atom. The van der Waals surface area contributed by atoms with Gasteiger partial charge >= 0.3 is 0 Å². The van der Waals surface area contributed by atoms with Crippen LogP contribution in [0.4, 0.5) is 0 Å². The van der Waals surface area contributed by atoms with Crippen LogP contribution >= 0.6 is 0 Å². The Balaban J connectivity index is 1.33. The predicted octanol–water partition coefficient (Wildman–Crippen LogP) is 3.30. The standard InChI is InChI=1S/C21H27N3O3/c25-19(9-8-16-5-2-1-3-6-16)24-12-4-7-18(15-24)21-22-20(23-27-21)17-10-13-26-14-11-17/h1-3,5-6,17-18H,4,7-15H2. The highest BCUT2D eigenvalue weighted by Crippen LogP contribution is 2.29. The molecular formula is C21H27N3O3. The van der Waals surface area contributed by atoms with Crippen LogP contribution in [-0.4, -0.2) is 47.3 Å². The Hall–Kier alpha value is -2.21. The van der Waals surface area contributed by atoms with E-state index >= 15 is 0 Å². The molecule has 2 aliphatic rings. The number of amides is 1. The van der Waals surface area contributed by atoms with Gasteiger partial charge in [-0.1, -0.05) is 35.5 Å². The van der Waals surface area contributed by atoms with Gasteiger partial charge in [0.2, 0.25) is 11.8 Å². The monoisotopic (exact) mass is 369 g/mol. The maximum atomic E-state index is 12.6. The molecule has 0 spiro atoms. The second kappa shape index (κ2) is 8.65. The number of nitrogens with zero attached hydrogens (tertiary/aromatic N) is 3. The molecule has 2 aliphatic heterocycles. The van der Waals surface area contributed by atoms with E-state index < -0.39 is 0 Å². The molecule has 144 valence electrons. The van der Waals surface area contributed by atoms with E-state index in [0.717, 1.165) is 57.7 Å². The van der Waals surface area contributed by atoms with Gasteiger partial charge in [-0.15, -0.1) is 0 Å². The number of carbonyl (C=O) groups is 1. The molecule has 6 nitrogen and oxygen atoms in total. The molecule has 1 aromatic carbocycles. The van der Waals surface area contributed by atoms with Crippen LogP contribution in [0.15, 0.2) is 34.9 Å². The van der Waals surface area contributed by atoms with Gasteiger partial charge in [-0.3, -0.25) is 4.79 Å². The Morgan fingerprint density at radius 3 is 2.74 bits per heavy atom. The van der Waals surface area contributed by atoms with E-state index in [1.54, 1.807) is 0 Å². The van der Waals surface area contributed by atoms with Gasteiger partial charge in [-0.05, 0) is 37.7 Å². The Kier molecular flexibility index (Phi) is 5.82. The van der Waals surface area contributed by atoms with Crippen LogP contribution in [0, 0.1) is 0 Å². The summed E-state index contributed by atoms with van der Waals surface area (Å²) in [5, 5.41) is 4.22. The third-order valence-corrected chi connectivity index (χ3v) is 5.64. The van der Waals surface area contributed by atoms with Crippen molar-refractivity contribution in [1.82, 2.24) is 15.0 Å². The number of ether oxygens (including phenoxy) is 1. The highest BCUT2D eigenvalue weighted by molar-refractivity contribution is 5.76. The number of piperidine rings is 1. The average molecular weight is 369 g/mol. The molecule has 2 fully saturated rings. The molecule has 1 aromatic heterocycles. The summed E-state index contributed by atoms with van der Waals surface area (Å²) in [5.41, 5.74) is 1.21. The normalized spacial score (nSPS) is 21.3.